The number of methoxy groups -OCH3 is 1. The number of amides is 1. The van der Waals surface area contributed by atoms with Crippen molar-refractivity contribution in [1.29, 1.82) is 0 Å². The molecular weight excluding hydrogens is 274 g/mol. The number of nitrogens with one attached hydrogen (secondary N) is 1. The molecule has 18 heavy (non-hydrogen) atoms. The first-order chi connectivity index (χ1) is 8.61. The molecule has 4 nitrogen and oxygen atoms in total. The highest BCUT2D eigenvalue weighted by atomic mass is 35.5. The minimum Gasteiger partial charge on any atom is -0.496 e. The van der Waals surface area contributed by atoms with Crippen LogP contribution in [0.4, 0.5) is 0 Å². The largest absolute Gasteiger partial charge is 0.496 e. The van der Waals surface area contributed by atoms with Gasteiger partial charge in [0.1, 0.15) is 5.75 Å². The summed E-state index contributed by atoms with van der Waals surface area (Å²) in [5, 5.41) is 3.15. The van der Waals surface area contributed by atoms with E-state index in [1.807, 2.05) is 0 Å². The molecule has 1 amide bonds. The van der Waals surface area contributed by atoms with Crippen LogP contribution in [0.25, 0.3) is 0 Å². The van der Waals surface area contributed by atoms with Gasteiger partial charge in [-0.1, -0.05) is 23.4 Å². The van der Waals surface area contributed by atoms with Crippen molar-refractivity contribution in [1.82, 2.24) is 5.32 Å². The van der Waals surface area contributed by atoms with Gasteiger partial charge in [0.25, 0.3) is 5.91 Å². The van der Waals surface area contributed by atoms with Gasteiger partial charge in [-0.3, -0.25) is 9.59 Å². The number of thioether (sulfide) groups is 1. The number of hydrogen-bond donors (Lipinski definition) is 1. The Labute approximate surface area is 114 Å². The van der Waals surface area contributed by atoms with Crippen LogP contribution in [-0.2, 0) is 4.79 Å². The molecule has 1 aliphatic rings. The van der Waals surface area contributed by atoms with E-state index in [9.17, 15) is 9.59 Å². The first-order valence-electron chi connectivity index (χ1n) is 5.43. The Hall–Kier alpha value is -1.20. The van der Waals surface area contributed by atoms with Gasteiger partial charge < -0.3 is 10.1 Å². The van der Waals surface area contributed by atoms with Crippen LogP contribution in [0.3, 0.4) is 0 Å². The van der Waals surface area contributed by atoms with Gasteiger partial charge in [0, 0.05) is 10.8 Å². The molecule has 1 atom stereocenters. The Morgan fingerprint density at radius 1 is 1.56 bits per heavy atom. The first kappa shape index (κ1) is 13.2. The summed E-state index contributed by atoms with van der Waals surface area (Å²) in [6, 6.07) is 4.39. The minimum atomic E-state index is -0.411. The predicted octanol–water partition coefficient (Wildman–Crippen LogP) is 2.11. The smallest absolute Gasteiger partial charge is 0.255 e. The molecule has 1 aromatic rings. The average Bonchev–Trinajstić information content (AvgIpc) is 2.75. The van der Waals surface area contributed by atoms with Crippen LogP contribution in [0, 0.1) is 0 Å². The van der Waals surface area contributed by atoms with Crippen LogP contribution in [0.1, 0.15) is 16.8 Å². The maximum absolute atomic E-state index is 12.1. The van der Waals surface area contributed by atoms with Crippen LogP contribution in [0.5, 0.6) is 5.75 Å². The van der Waals surface area contributed by atoms with Gasteiger partial charge in [0.15, 0.2) is 0 Å². The molecule has 0 aliphatic carbocycles. The monoisotopic (exact) mass is 285 g/mol. The molecule has 96 valence electrons. The third kappa shape index (κ3) is 2.79. The molecule has 0 spiro atoms. The molecule has 1 fully saturated rings. The molecule has 1 aliphatic heterocycles. The molecule has 1 N–H and O–H groups in total. The Bertz CT molecular complexity index is 492. The summed E-state index contributed by atoms with van der Waals surface area (Å²) in [7, 11) is 1.48. The molecule has 0 aromatic heterocycles. The van der Waals surface area contributed by atoms with Gasteiger partial charge in [0.2, 0.25) is 5.12 Å². The molecular formula is C12H12ClNO3S. The van der Waals surface area contributed by atoms with Crippen molar-refractivity contribution in [2.24, 2.45) is 0 Å². The van der Waals surface area contributed by atoms with Crippen LogP contribution < -0.4 is 10.1 Å². The van der Waals surface area contributed by atoms with E-state index in [0.29, 0.717) is 22.8 Å². The lowest BCUT2D eigenvalue weighted by atomic mass is 10.1. The molecule has 0 saturated carbocycles. The van der Waals surface area contributed by atoms with E-state index in [1.54, 1.807) is 12.1 Å². The van der Waals surface area contributed by atoms with Crippen molar-refractivity contribution in [3.05, 3.63) is 28.8 Å². The van der Waals surface area contributed by atoms with E-state index in [0.717, 1.165) is 5.75 Å². The van der Waals surface area contributed by atoms with Crippen molar-refractivity contribution in [2.45, 2.75) is 12.5 Å². The number of carbonyl (C=O) groups excluding carboxylic acids is 2. The maximum atomic E-state index is 12.1. The lowest BCUT2D eigenvalue weighted by molar-refractivity contribution is -0.112. The lowest BCUT2D eigenvalue weighted by Crippen LogP contribution is -2.37. The second-order valence-electron chi connectivity index (χ2n) is 3.83. The van der Waals surface area contributed by atoms with E-state index >= 15 is 0 Å². The Kier molecular flexibility index (Phi) is 4.14. The molecule has 2 rings (SSSR count). The fourth-order valence-electron chi connectivity index (χ4n) is 1.72. The maximum Gasteiger partial charge on any atom is 0.255 e. The Balaban J connectivity index is 2.17. The van der Waals surface area contributed by atoms with Gasteiger partial charge in [-0.05, 0) is 24.6 Å². The van der Waals surface area contributed by atoms with Crippen molar-refractivity contribution < 1.29 is 14.3 Å². The zero-order valence-electron chi connectivity index (χ0n) is 9.73. The van der Waals surface area contributed by atoms with Crippen LogP contribution in [0.15, 0.2) is 18.2 Å². The second-order valence-corrected chi connectivity index (χ2v) is 5.36. The number of hydrogen-bond acceptors (Lipinski definition) is 4. The second kappa shape index (κ2) is 5.63. The molecule has 6 heteroatoms. The number of rotatable bonds is 3. The van der Waals surface area contributed by atoms with E-state index in [1.165, 1.54) is 24.9 Å². The number of benzene rings is 1. The highest BCUT2D eigenvalue weighted by molar-refractivity contribution is 8.14. The molecule has 1 aromatic carbocycles. The highest BCUT2D eigenvalue weighted by Gasteiger charge is 2.27. The summed E-state index contributed by atoms with van der Waals surface area (Å²) < 4.78 is 5.10. The zero-order chi connectivity index (χ0) is 13.1. The molecule has 1 saturated heterocycles. The minimum absolute atomic E-state index is 0.00402. The first-order valence-corrected chi connectivity index (χ1v) is 6.79. The number of carbonyl (C=O) groups is 2. The number of halogens is 1. The molecule has 0 bridgehead atoms. The van der Waals surface area contributed by atoms with Gasteiger partial charge in [0.05, 0.1) is 18.7 Å². The van der Waals surface area contributed by atoms with Gasteiger partial charge in [-0.2, -0.15) is 0 Å². The van der Waals surface area contributed by atoms with Crippen molar-refractivity contribution >= 4 is 34.4 Å². The molecule has 1 heterocycles. The van der Waals surface area contributed by atoms with Gasteiger partial charge in [-0.25, -0.2) is 0 Å². The summed E-state index contributed by atoms with van der Waals surface area (Å²) >= 11 is 7.10. The van der Waals surface area contributed by atoms with Gasteiger partial charge in [-0.15, -0.1) is 0 Å². The van der Waals surface area contributed by atoms with E-state index < -0.39 is 6.04 Å². The summed E-state index contributed by atoms with van der Waals surface area (Å²) in [4.78, 5) is 23.5. The lowest BCUT2D eigenvalue weighted by Gasteiger charge is -2.12. The van der Waals surface area contributed by atoms with Crippen molar-refractivity contribution in [3.63, 3.8) is 0 Å². The summed E-state index contributed by atoms with van der Waals surface area (Å²) in [5.74, 6) is 0.849. The van der Waals surface area contributed by atoms with Crippen LogP contribution >= 0.6 is 23.4 Å². The summed E-state index contributed by atoms with van der Waals surface area (Å²) in [6.45, 7) is 0. The topological polar surface area (TPSA) is 55.4 Å². The third-order valence-electron chi connectivity index (χ3n) is 2.65. The Morgan fingerprint density at radius 2 is 2.33 bits per heavy atom. The highest BCUT2D eigenvalue weighted by Crippen LogP contribution is 2.24. The number of ether oxygens (including phenoxy) is 1. The summed E-state index contributed by atoms with van der Waals surface area (Å²) in [6.07, 6.45) is 0.665. The predicted molar refractivity (Wildman–Crippen MR) is 71.3 cm³/mol. The normalized spacial score (nSPS) is 18.8. The zero-order valence-corrected chi connectivity index (χ0v) is 11.3. The van der Waals surface area contributed by atoms with Crippen molar-refractivity contribution in [2.75, 3.05) is 12.9 Å². The fraction of sp³-hybridized carbons (Fsp3) is 0.333. The van der Waals surface area contributed by atoms with Gasteiger partial charge >= 0.3 is 0 Å². The molecule has 0 radical (unpaired) electrons. The SMILES string of the molecule is COc1ccc(Cl)cc1C(=O)N[C@H]1CCSC1=O. The average molecular weight is 286 g/mol. The van der Waals surface area contributed by atoms with Crippen LogP contribution in [0.2, 0.25) is 5.02 Å². The van der Waals surface area contributed by atoms with E-state index in [-0.39, 0.29) is 11.0 Å². The third-order valence-corrected chi connectivity index (χ3v) is 3.89. The fourth-order valence-corrected chi connectivity index (χ4v) is 2.83. The quantitative estimate of drug-likeness (QED) is 0.924. The standard InChI is InChI=1S/C12H12ClNO3S/c1-17-10-3-2-7(13)6-8(10)11(15)14-9-4-5-18-12(9)16/h2-3,6,9H,4-5H2,1H3,(H,14,15)/t9-/m0/s1. The van der Waals surface area contributed by atoms with Crippen LogP contribution in [-0.4, -0.2) is 29.9 Å². The Morgan fingerprint density at radius 3 is 2.94 bits per heavy atom. The van der Waals surface area contributed by atoms with E-state index in [4.69, 9.17) is 16.3 Å². The molecule has 0 unspecified atom stereocenters. The van der Waals surface area contributed by atoms with Crippen molar-refractivity contribution in [3.8, 4) is 5.75 Å². The van der Waals surface area contributed by atoms with E-state index in [2.05, 4.69) is 5.32 Å². The summed E-state index contributed by atoms with van der Waals surface area (Å²) in [5.41, 5.74) is 0.342.